The van der Waals surface area contributed by atoms with Gasteiger partial charge in [0.15, 0.2) is 0 Å². The molecule has 3 aromatic rings. The number of amides is 2. The molecule has 5 rings (SSSR count). The Balaban J connectivity index is 1.29. The third-order valence-corrected chi connectivity index (χ3v) is 6.52. The Morgan fingerprint density at radius 3 is 2.43 bits per heavy atom. The van der Waals surface area contributed by atoms with Gasteiger partial charge in [-0.1, -0.05) is 43.2 Å². The van der Waals surface area contributed by atoms with Crippen LogP contribution in [-0.2, 0) is 22.6 Å². The highest BCUT2D eigenvalue weighted by Crippen LogP contribution is 2.38. The number of fused-ring (bicyclic) bond motifs is 2. The second kappa shape index (κ2) is 7.98. The number of aromatic nitrogens is 1. The summed E-state index contributed by atoms with van der Waals surface area (Å²) in [5.74, 6) is 0.735. The maximum Gasteiger partial charge on any atom is 0.233 e. The van der Waals surface area contributed by atoms with Crippen molar-refractivity contribution in [2.75, 3.05) is 6.54 Å². The summed E-state index contributed by atoms with van der Waals surface area (Å²) < 4.78 is 5.97. The molecule has 0 bridgehead atoms. The highest BCUT2D eigenvalue weighted by atomic mass is 16.5. The minimum Gasteiger partial charge on any atom is -0.489 e. The van der Waals surface area contributed by atoms with E-state index >= 15 is 0 Å². The molecule has 1 aliphatic heterocycles. The normalized spacial score (nSPS) is 21.3. The monoisotopic (exact) mass is 402 g/mol. The SMILES string of the molecule is O=C1[C@@H]2CCCC[C@H]2C(=O)N1CCc1c[nH]c2ccc(OCc3ccccc3)cc12. The zero-order valence-corrected chi connectivity index (χ0v) is 17.0. The number of likely N-dealkylation sites (tertiary alicyclic amines) is 1. The topological polar surface area (TPSA) is 62.4 Å². The molecule has 2 fully saturated rings. The van der Waals surface area contributed by atoms with Crippen molar-refractivity contribution in [1.82, 2.24) is 9.88 Å². The van der Waals surface area contributed by atoms with Gasteiger partial charge in [-0.05, 0) is 48.6 Å². The smallest absolute Gasteiger partial charge is 0.233 e. The highest BCUT2D eigenvalue weighted by molar-refractivity contribution is 6.05. The first-order valence-electron chi connectivity index (χ1n) is 10.8. The molecule has 154 valence electrons. The summed E-state index contributed by atoms with van der Waals surface area (Å²) in [4.78, 5) is 30.3. The van der Waals surface area contributed by atoms with Crippen LogP contribution in [0.25, 0.3) is 10.9 Å². The standard InChI is InChI=1S/C25H26N2O3/c28-24-20-8-4-5-9-21(20)25(29)27(24)13-12-18-15-26-23-11-10-19(14-22(18)23)30-16-17-6-2-1-3-7-17/h1-3,6-7,10-11,14-15,20-21,26H,4-5,8-9,12-13,16H2/t20-,21-/m1/s1. The molecule has 30 heavy (non-hydrogen) atoms. The van der Waals surface area contributed by atoms with Crippen LogP contribution in [0.5, 0.6) is 5.75 Å². The molecule has 1 saturated heterocycles. The molecule has 1 saturated carbocycles. The predicted molar refractivity (Wildman–Crippen MR) is 115 cm³/mol. The van der Waals surface area contributed by atoms with Crippen LogP contribution >= 0.6 is 0 Å². The lowest BCUT2D eigenvalue weighted by Gasteiger charge is -2.19. The lowest BCUT2D eigenvalue weighted by Crippen LogP contribution is -2.33. The molecule has 5 nitrogen and oxygen atoms in total. The number of nitrogens with one attached hydrogen (secondary N) is 1. The third kappa shape index (κ3) is 3.49. The maximum atomic E-state index is 12.7. The number of hydrogen-bond acceptors (Lipinski definition) is 3. The molecule has 2 heterocycles. The number of H-pyrrole nitrogens is 1. The van der Waals surface area contributed by atoms with Crippen LogP contribution in [0.3, 0.4) is 0 Å². The molecule has 0 spiro atoms. The van der Waals surface area contributed by atoms with E-state index in [9.17, 15) is 9.59 Å². The van der Waals surface area contributed by atoms with Crippen LogP contribution in [0, 0.1) is 11.8 Å². The lowest BCUT2D eigenvalue weighted by molar-refractivity contribution is -0.139. The quantitative estimate of drug-likeness (QED) is 0.619. The van der Waals surface area contributed by atoms with Crippen molar-refractivity contribution >= 4 is 22.7 Å². The van der Waals surface area contributed by atoms with Gasteiger partial charge in [0.2, 0.25) is 11.8 Å². The minimum absolute atomic E-state index is 0.0384. The lowest BCUT2D eigenvalue weighted by atomic mass is 9.81. The number of nitrogens with zero attached hydrogens (tertiary/aromatic N) is 1. The molecular formula is C25H26N2O3. The fraction of sp³-hybridized carbons (Fsp3) is 0.360. The summed E-state index contributed by atoms with van der Waals surface area (Å²) in [5, 5.41) is 1.08. The van der Waals surface area contributed by atoms with E-state index in [0.717, 1.165) is 53.5 Å². The number of carbonyl (C=O) groups is 2. The second-order valence-corrected chi connectivity index (χ2v) is 8.37. The molecule has 0 radical (unpaired) electrons. The molecule has 1 N–H and O–H groups in total. The maximum absolute atomic E-state index is 12.7. The largest absolute Gasteiger partial charge is 0.489 e. The van der Waals surface area contributed by atoms with Gasteiger partial charge < -0.3 is 9.72 Å². The number of rotatable bonds is 6. The first-order valence-corrected chi connectivity index (χ1v) is 10.8. The van der Waals surface area contributed by atoms with Crippen molar-refractivity contribution in [3.8, 4) is 5.75 Å². The summed E-state index contributed by atoms with van der Waals surface area (Å²) in [7, 11) is 0. The van der Waals surface area contributed by atoms with E-state index in [1.165, 1.54) is 4.90 Å². The number of carbonyl (C=O) groups excluding carboxylic acids is 2. The third-order valence-electron chi connectivity index (χ3n) is 6.52. The number of aromatic amines is 1. The van der Waals surface area contributed by atoms with Gasteiger partial charge in [0, 0.05) is 23.6 Å². The van der Waals surface area contributed by atoms with E-state index in [-0.39, 0.29) is 23.7 Å². The van der Waals surface area contributed by atoms with Crippen LogP contribution in [0.4, 0.5) is 0 Å². The van der Waals surface area contributed by atoms with Gasteiger partial charge in [-0.3, -0.25) is 14.5 Å². The Labute approximate surface area is 176 Å². The van der Waals surface area contributed by atoms with Gasteiger partial charge >= 0.3 is 0 Å². The van der Waals surface area contributed by atoms with Gasteiger partial charge in [0.25, 0.3) is 0 Å². The fourth-order valence-corrected chi connectivity index (χ4v) is 4.88. The Bertz CT molecular complexity index is 1050. The summed E-state index contributed by atoms with van der Waals surface area (Å²) in [6.45, 7) is 0.971. The van der Waals surface area contributed by atoms with E-state index in [1.807, 2.05) is 54.7 Å². The Morgan fingerprint density at radius 2 is 1.70 bits per heavy atom. The van der Waals surface area contributed by atoms with Crippen LogP contribution in [0.15, 0.2) is 54.7 Å². The Hall–Kier alpha value is -3.08. The van der Waals surface area contributed by atoms with E-state index in [4.69, 9.17) is 4.74 Å². The van der Waals surface area contributed by atoms with Gasteiger partial charge in [-0.2, -0.15) is 0 Å². The van der Waals surface area contributed by atoms with Crippen LogP contribution in [0.1, 0.15) is 36.8 Å². The molecule has 1 aliphatic carbocycles. The summed E-state index contributed by atoms with van der Waals surface area (Å²) in [6.07, 6.45) is 6.47. The van der Waals surface area contributed by atoms with E-state index in [2.05, 4.69) is 4.98 Å². The molecule has 5 heteroatoms. The molecule has 2 atom stereocenters. The Kier molecular flexibility index (Phi) is 5.03. The van der Waals surface area contributed by atoms with Crippen molar-refractivity contribution in [1.29, 1.82) is 0 Å². The summed E-state index contributed by atoms with van der Waals surface area (Å²) in [5.41, 5.74) is 3.26. The van der Waals surface area contributed by atoms with Crippen LogP contribution < -0.4 is 4.74 Å². The summed E-state index contributed by atoms with van der Waals surface area (Å²) >= 11 is 0. The average molecular weight is 402 g/mol. The molecule has 0 unspecified atom stereocenters. The molecular weight excluding hydrogens is 376 g/mol. The minimum atomic E-state index is -0.0767. The first-order chi connectivity index (χ1) is 14.7. The van der Waals surface area contributed by atoms with Gasteiger partial charge in [-0.15, -0.1) is 0 Å². The molecule has 1 aromatic heterocycles. The first kappa shape index (κ1) is 18.9. The van der Waals surface area contributed by atoms with E-state index in [1.54, 1.807) is 0 Å². The van der Waals surface area contributed by atoms with Gasteiger partial charge in [0.05, 0.1) is 11.8 Å². The van der Waals surface area contributed by atoms with Crippen molar-refractivity contribution in [2.24, 2.45) is 11.8 Å². The summed E-state index contributed by atoms with van der Waals surface area (Å²) in [6, 6.07) is 16.1. The zero-order valence-electron chi connectivity index (χ0n) is 17.0. The van der Waals surface area contributed by atoms with Gasteiger partial charge in [0.1, 0.15) is 12.4 Å². The molecule has 2 amide bonds. The Morgan fingerprint density at radius 1 is 0.967 bits per heavy atom. The molecule has 2 aromatic carbocycles. The van der Waals surface area contributed by atoms with Crippen molar-refractivity contribution in [3.63, 3.8) is 0 Å². The number of ether oxygens (including phenoxy) is 1. The zero-order chi connectivity index (χ0) is 20.5. The molecule has 2 aliphatic rings. The number of imide groups is 1. The number of hydrogen-bond donors (Lipinski definition) is 1. The van der Waals surface area contributed by atoms with E-state index < -0.39 is 0 Å². The van der Waals surface area contributed by atoms with Crippen molar-refractivity contribution in [3.05, 3.63) is 65.9 Å². The van der Waals surface area contributed by atoms with Crippen LogP contribution in [-0.4, -0.2) is 28.2 Å². The predicted octanol–water partition coefficient (Wildman–Crippen LogP) is 4.46. The van der Waals surface area contributed by atoms with Gasteiger partial charge in [-0.25, -0.2) is 0 Å². The van der Waals surface area contributed by atoms with Crippen molar-refractivity contribution < 1.29 is 14.3 Å². The highest BCUT2D eigenvalue weighted by Gasteiger charge is 2.47. The fourth-order valence-electron chi connectivity index (χ4n) is 4.88. The van der Waals surface area contributed by atoms with E-state index in [0.29, 0.717) is 19.6 Å². The van der Waals surface area contributed by atoms with Crippen molar-refractivity contribution in [2.45, 2.75) is 38.7 Å². The van der Waals surface area contributed by atoms with Crippen LogP contribution in [0.2, 0.25) is 0 Å². The number of benzene rings is 2. The second-order valence-electron chi connectivity index (χ2n) is 8.37. The average Bonchev–Trinajstić information content (AvgIpc) is 3.30.